The summed E-state index contributed by atoms with van der Waals surface area (Å²) >= 11 is 0. The first-order valence-corrected chi connectivity index (χ1v) is 8.36. The second kappa shape index (κ2) is 7.59. The van der Waals surface area contributed by atoms with Crippen molar-refractivity contribution in [1.29, 1.82) is 0 Å². The number of benzene rings is 1. The minimum absolute atomic E-state index is 0. The van der Waals surface area contributed by atoms with Crippen molar-refractivity contribution >= 4 is 35.7 Å². The van der Waals surface area contributed by atoms with Crippen molar-refractivity contribution in [3.8, 4) is 0 Å². The summed E-state index contributed by atoms with van der Waals surface area (Å²) in [7, 11) is 0. The molecule has 0 radical (unpaired) electrons. The van der Waals surface area contributed by atoms with Crippen molar-refractivity contribution in [2.45, 2.75) is 32.2 Å². The minimum Gasteiger partial charge on any atom is -0.481 e. The second-order valence-corrected chi connectivity index (χ2v) is 6.95. The molecule has 9 heteroatoms. The van der Waals surface area contributed by atoms with Crippen LogP contribution in [-0.4, -0.2) is 45.9 Å². The Hall–Kier alpha value is -2.19. The van der Waals surface area contributed by atoms with Crippen LogP contribution in [0, 0.1) is 21.4 Å². The van der Waals surface area contributed by atoms with Crippen molar-refractivity contribution < 1.29 is 19.6 Å². The SMILES string of the molecule is CC(C(=O)Nc1cccc([N+](=O)[O-])c1)N1C[C@@H]2CCC[C@@]2(C(=O)O)C1.Cl. The van der Waals surface area contributed by atoms with Crippen molar-refractivity contribution in [3.63, 3.8) is 0 Å². The molecule has 0 aromatic heterocycles. The molecule has 1 aliphatic heterocycles. The van der Waals surface area contributed by atoms with Crippen LogP contribution in [0.3, 0.4) is 0 Å². The van der Waals surface area contributed by atoms with E-state index in [2.05, 4.69) is 5.32 Å². The van der Waals surface area contributed by atoms with Crippen LogP contribution in [0.4, 0.5) is 11.4 Å². The fourth-order valence-electron chi connectivity index (χ4n) is 4.08. The lowest BCUT2D eigenvalue weighted by molar-refractivity contribution is -0.384. The Labute approximate surface area is 157 Å². The molecule has 1 saturated carbocycles. The third-order valence-electron chi connectivity index (χ3n) is 5.57. The fraction of sp³-hybridized carbons (Fsp3) is 0.529. The molecule has 1 amide bonds. The van der Waals surface area contributed by atoms with E-state index in [1.165, 1.54) is 18.2 Å². The van der Waals surface area contributed by atoms with Gasteiger partial charge in [-0.15, -0.1) is 12.4 Å². The fourth-order valence-corrected chi connectivity index (χ4v) is 4.08. The number of fused-ring (bicyclic) bond motifs is 1. The van der Waals surface area contributed by atoms with Gasteiger partial charge in [0.15, 0.2) is 0 Å². The number of nitrogens with zero attached hydrogens (tertiary/aromatic N) is 2. The van der Waals surface area contributed by atoms with E-state index in [4.69, 9.17) is 0 Å². The van der Waals surface area contributed by atoms with Crippen molar-refractivity contribution in [2.75, 3.05) is 18.4 Å². The number of carbonyl (C=O) groups is 2. The van der Waals surface area contributed by atoms with Crippen LogP contribution < -0.4 is 5.32 Å². The Morgan fingerprint density at radius 1 is 1.46 bits per heavy atom. The number of nitrogens with one attached hydrogen (secondary N) is 1. The molecule has 8 nitrogen and oxygen atoms in total. The lowest BCUT2D eigenvalue weighted by Gasteiger charge is -2.26. The summed E-state index contributed by atoms with van der Waals surface area (Å²) in [6.45, 7) is 2.70. The second-order valence-electron chi connectivity index (χ2n) is 6.95. The largest absolute Gasteiger partial charge is 0.481 e. The van der Waals surface area contributed by atoms with Gasteiger partial charge in [-0.05, 0) is 31.7 Å². The predicted octanol–water partition coefficient (Wildman–Crippen LogP) is 2.53. The van der Waals surface area contributed by atoms with E-state index in [1.807, 2.05) is 4.90 Å². The molecular formula is C17H22ClN3O5. The molecule has 142 valence electrons. The number of nitro groups is 1. The number of nitro benzene ring substituents is 1. The lowest BCUT2D eigenvalue weighted by Crippen LogP contribution is -2.43. The molecule has 26 heavy (non-hydrogen) atoms. The van der Waals surface area contributed by atoms with Crippen molar-refractivity contribution in [2.24, 2.45) is 11.3 Å². The molecule has 1 heterocycles. The maximum absolute atomic E-state index is 12.5. The molecule has 2 N–H and O–H groups in total. The molecule has 2 fully saturated rings. The molecule has 1 saturated heterocycles. The molecule has 1 aliphatic carbocycles. The van der Waals surface area contributed by atoms with Gasteiger partial charge >= 0.3 is 5.97 Å². The summed E-state index contributed by atoms with van der Waals surface area (Å²) < 4.78 is 0. The number of aliphatic carboxylic acids is 1. The van der Waals surface area contributed by atoms with Gasteiger partial charge in [-0.25, -0.2) is 0 Å². The Morgan fingerprint density at radius 3 is 2.81 bits per heavy atom. The number of amides is 1. The first-order chi connectivity index (χ1) is 11.8. The number of carboxylic acids is 1. The first kappa shape index (κ1) is 20.1. The highest BCUT2D eigenvalue weighted by molar-refractivity contribution is 5.95. The molecule has 0 bridgehead atoms. The summed E-state index contributed by atoms with van der Waals surface area (Å²) in [6, 6.07) is 5.27. The third-order valence-corrected chi connectivity index (χ3v) is 5.57. The minimum atomic E-state index is -0.774. The van der Waals surface area contributed by atoms with Crippen LogP contribution in [0.5, 0.6) is 0 Å². The van der Waals surface area contributed by atoms with Gasteiger partial charge in [0.1, 0.15) is 0 Å². The number of carbonyl (C=O) groups excluding carboxylic acids is 1. The molecule has 1 aromatic carbocycles. The van der Waals surface area contributed by atoms with Crippen molar-refractivity contribution in [1.82, 2.24) is 4.90 Å². The summed E-state index contributed by atoms with van der Waals surface area (Å²) in [4.78, 5) is 36.5. The van der Waals surface area contributed by atoms with Gasteiger partial charge in [-0.2, -0.15) is 0 Å². The zero-order valence-electron chi connectivity index (χ0n) is 14.4. The molecule has 1 unspecified atom stereocenters. The average molecular weight is 384 g/mol. The van der Waals surface area contributed by atoms with E-state index in [0.717, 1.165) is 12.8 Å². The number of halogens is 1. The van der Waals surface area contributed by atoms with Gasteiger partial charge in [0.25, 0.3) is 5.69 Å². The molecule has 1 aromatic rings. The maximum atomic E-state index is 12.5. The first-order valence-electron chi connectivity index (χ1n) is 8.36. The quantitative estimate of drug-likeness (QED) is 0.596. The van der Waals surface area contributed by atoms with Gasteiger partial charge in [0.2, 0.25) is 5.91 Å². The number of rotatable bonds is 5. The Kier molecular flexibility index (Phi) is 5.87. The smallest absolute Gasteiger partial charge is 0.311 e. The maximum Gasteiger partial charge on any atom is 0.311 e. The van der Waals surface area contributed by atoms with E-state index < -0.39 is 22.3 Å². The highest BCUT2D eigenvalue weighted by atomic mass is 35.5. The Morgan fingerprint density at radius 2 is 2.19 bits per heavy atom. The Balaban J connectivity index is 0.00000243. The number of carboxylic acid groups (broad SMARTS) is 1. The van der Waals surface area contributed by atoms with Crippen LogP contribution in [0.1, 0.15) is 26.2 Å². The van der Waals surface area contributed by atoms with Crippen LogP contribution in [0.25, 0.3) is 0 Å². The average Bonchev–Trinajstić information content (AvgIpc) is 3.12. The monoisotopic (exact) mass is 383 g/mol. The molecule has 3 atom stereocenters. The van der Waals surface area contributed by atoms with E-state index >= 15 is 0 Å². The standard InChI is InChI=1S/C17H21N3O5.ClH/c1-11(15(21)18-13-5-2-6-14(8-13)20(24)25)19-9-12-4-3-7-17(12,10-19)16(22)23;/h2,5-6,8,11-12H,3-4,7,9-10H2,1H3,(H,18,21)(H,22,23);1H/t11?,12-,17+;/m0./s1. The van der Waals surface area contributed by atoms with Crippen LogP contribution in [0.2, 0.25) is 0 Å². The highest BCUT2D eigenvalue weighted by Gasteiger charge is 2.55. The van der Waals surface area contributed by atoms with Gasteiger partial charge in [0, 0.05) is 30.9 Å². The number of hydrogen-bond acceptors (Lipinski definition) is 5. The van der Waals surface area contributed by atoms with Crippen molar-refractivity contribution in [3.05, 3.63) is 34.4 Å². The topological polar surface area (TPSA) is 113 Å². The zero-order valence-corrected chi connectivity index (χ0v) is 15.2. The molecule has 3 rings (SSSR count). The number of hydrogen-bond donors (Lipinski definition) is 2. The molecule has 2 aliphatic rings. The predicted molar refractivity (Wildman–Crippen MR) is 97.4 cm³/mol. The summed E-state index contributed by atoms with van der Waals surface area (Å²) in [5.41, 5.74) is -0.468. The summed E-state index contributed by atoms with van der Waals surface area (Å²) in [5.74, 6) is -0.983. The van der Waals surface area contributed by atoms with E-state index in [-0.39, 0.29) is 29.9 Å². The van der Waals surface area contributed by atoms with Gasteiger partial charge < -0.3 is 10.4 Å². The van der Waals surface area contributed by atoms with E-state index in [1.54, 1.807) is 13.0 Å². The van der Waals surface area contributed by atoms with E-state index in [0.29, 0.717) is 25.2 Å². The summed E-state index contributed by atoms with van der Waals surface area (Å²) in [6.07, 6.45) is 2.45. The highest BCUT2D eigenvalue weighted by Crippen LogP contribution is 2.49. The van der Waals surface area contributed by atoms with Gasteiger partial charge in [-0.3, -0.25) is 24.6 Å². The molecule has 0 spiro atoms. The number of likely N-dealkylation sites (tertiary alicyclic amines) is 1. The van der Waals surface area contributed by atoms with Gasteiger partial charge in [-0.1, -0.05) is 12.5 Å². The lowest BCUT2D eigenvalue weighted by atomic mass is 9.81. The van der Waals surface area contributed by atoms with E-state index in [9.17, 15) is 24.8 Å². The van der Waals surface area contributed by atoms with Gasteiger partial charge in [0.05, 0.1) is 16.4 Å². The van der Waals surface area contributed by atoms with Crippen LogP contribution in [-0.2, 0) is 9.59 Å². The molecular weight excluding hydrogens is 362 g/mol. The number of non-ortho nitro benzene ring substituents is 1. The van der Waals surface area contributed by atoms with Crippen LogP contribution >= 0.6 is 12.4 Å². The third kappa shape index (κ3) is 3.52. The zero-order chi connectivity index (χ0) is 18.2. The van der Waals surface area contributed by atoms with Crippen LogP contribution in [0.15, 0.2) is 24.3 Å². The summed E-state index contributed by atoms with van der Waals surface area (Å²) in [5, 5.41) is 23.1. The number of anilines is 1. The Bertz CT molecular complexity index is 728. The normalized spacial score (nSPS) is 25.8.